The van der Waals surface area contributed by atoms with Crippen LogP contribution in [0.2, 0.25) is 0 Å². The van der Waals surface area contributed by atoms with Gasteiger partial charge in [0.2, 0.25) is 0 Å². The molecule has 0 radical (unpaired) electrons. The van der Waals surface area contributed by atoms with Crippen LogP contribution in [-0.2, 0) is 4.74 Å². The van der Waals surface area contributed by atoms with Crippen LogP contribution >= 0.6 is 0 Å². The molecular weight excluding hydrogens is 228 g/mol. The predicted molar refractivity (Wildman–Crippen MR) is 69.5 cm³/mol. The van der Waals surface area contributed by atoms with Crippen molar-refractivity contribution in [1.29, 1.82) is 0 Å². The second-order valence-corrected chi connectivity index (χ2v) is 4.52. The highest BCUT2D eigenvalue weighted by molar-refractivity contribution is 5.92. The predicted octanol–water partition coefficient (Wildman–Crippen LogP) is 3.44. The van der Waals surface area contributed by atoms with Crippen LogP contribution in [0.5, 0.6) is 5.75 Å². The maximum Gasteiger partial charge on any atom is 0.342 e. The van der Waals surface area contributed by atoms with Gasteiger partial charge in [0.05, 0.1) is 0 Å². The third-order valence-corrected chi connectivity index (χ3v) is 3.12. The largest absolute Gasteiger partial charge is 0.507 e. The van der Waals surface area contributed by atoms with E-state index in [4.69, 9.17) is 4.74 Å². The normalized spacial score (nSPS) is 21.7. The van der Waals surface area contributed by atoms with E-state index >= 15 is 0 Å². The summed E-state index contributed by atoms with van der Waals surface area (Å²) in [5.74, 6) is -0.448. The molecule has 1 aliphatic rings. The molecule has 1 atom stereocenters. The molecule has 0 saturated carbocycles. The Labute approximate surface area is 107 Å². The average molecular weight is 246 g/mol. The number of carbonyl (C=O) groups is 1. The van der Waals surface area contributed by atoms with Gasteiger partial charge in [-0.15, -0.1) is 0 Å². The maximum atomic E-state index is 11.9. The van der Waals surface area contributed by atoms with Crippen LogP contribution in [0.25, 0.3) is 0 Å². The Hall–Kier alpha value is -1.77. The fourth-order valence-electron chi connectivity index (χ4n) is 2.10. The van der Waals surface area contributed by atoms with Gasteiger partial charge in [0, 0.05) is 0 Å². The van der Waals surface area contributed by atoms with Crippen molar-refractivity contribution in [2.75, 3.05) is 0 Å². The van der Waals surface area contributed by atoms with E-state index in [0.29, 0.717) is 0 Å². The second-order valence-electron chi connectivity index (χ2n) is 4.52. The number of phenolic OH excluding ortho intramolecular Hbond substituents is 1. The van der Waals surface area contributed by atoms with Crippen LogP contribution < -0.4 is 0 Å². The summed E-state index contributed by atoms with van der Waals surface area (Å²) in [7, 11) is 0. The summed E-state index contributed by atoms with van der Waals surface area (Å²) in [5.41, 5.74) is 0.245. The number of hydrogen-bond donors (Lipinski definition) is 1. The molecule has 1 unspecified atom stereocenters. The van der Waals surface area contributed by atoms with Crippen molar-refractivity contribution in [2.24, 2.45) is 0 Å². The van der Waals surface area contributed by atoms with E-state index in [-0.39, 0.29) is 17.4 Å². The molecule has 0 saturated heterocycles. The molecule has 0 fully saturated rings. The minimum atomic E-state index is -0.428. The fourth-order valence-corrected chi connectivity index (χ4v) is 2.10. The molecule has 1 aromatic rings. The van der Waals surface area contributed by atoms with Gasteiger partial charge < -0.3 is 9.84 Å². The van der Waals surface area contributed by atoms with E-state index in [9.17, 15) is 9.90 Å². The molecule has 3 heteroatoms. The number of allylic oxidation sites excluding steroid dienone is 2. The summed E-state index contributed by atoms with van der Waals surface area (Å²) in [6.45, 7) is 0. The van der Waals surface area contributed by atoms with Crippen LogP contribution in [-0.4, -0.2) is 17.2 Å². The summed E-state index contributed by atoms with van der Waals surface area (Å²) in [4.78, 5) is 11.9. The van der Waals surface area contributed by atoms with Crippen LogP contribution in [0.1, 0.15) is 42.5 Å². The van der Waals surface area contributed by atoms with Gasteiger partial charge >= 0.3 is 5.97 Å². The number of benzene rings is 1. The zero-order chi connectivity index (χ0) is 12.8. The Morgan fingerprint density at radius 1 is 1.17 bits per heavy atom. The number of ether oxygens (including phenoxy) is 1. The molecule has 0 aliphatic heterocycles. The Morgan fingerprint density at radius 3 is 2.78 bits per heavy atom. The molecule has 3 nitrogen and oxygen atoms in total. The van der Waals surface area contributed by atoms with Crippen molar-refractivity contribution in [3.8, 4) is 5.75 Å². The van der Waals surface area contributed by atoms with Gasteiger partial charge in [0.15, 0.2) is 0 Å². The van der Waals surface area contributed by atoms with Crippen molar-refractivity contribution >= 4 is 5.97 Å². The van der Waals surface area contributed by atoms with Gasteiger partial charge in [-0.2, -0.15) is 0 Å². The Balaban J connectivity index is 1.98. The Morgan fingerprint density at radius 2 is 1.94 bits per heavy atom. The number of rotatable bonds is 2. The highest BCUT2D eigenvalue weighted by Gasteiger charge is 2.18. The lowest BCUT2D eigenvalue weighted by Gasteiger charge is -2.18. The number of para-hydroxylation sites is 1. The monoisotopic (exact) mass is 246 g/mol. The second kappa shape index (κ2) is 6.24. The minimum absolute atomic E-state index is 0.0201. The van der Waals surface area contributed by atoms with E-state index in [0.717, 1.165) is 32.1 Å². The highest BCUT2D eigenvalue weighted by Crippen LogP contribution is 2.21. The number of hydrogen-bond acceptors (Lipinski definition) is 3. The van der Waals surface area contributed by atoms with Crippen molar-refractivity contribution in [3.05, 3.63) is 42.0 Å². The van der Waals surface area contributed by atoms with Crippen LogP contribution in [0.15, 0.2) is 36.4 Å². The van der Waals surface area contributed by atoms with Crippen molar-refractivity contribution in [2.45, 2.75) is 38.2 Å². The molecule has 1 aromatic carbocycles. The van der Waals surface area contributed by atoms with Crippen molar-refractivity contribution < 1.29 is 14.6 Å². The molecule has 18 heavy (non-hydrogen) atoms. The molecule has 2 rings (SSSR count). The van der Waals surface area contributed by atoms with Gasteiger partial charge in [0.1, 0.15) is 17.4 Å². The van der Waals surface area contributed by atoms with Gasteiger partial charge in [-0.25, -0.2) is 4.79 Å². The van der Waals surface area contributed by atoms with Crippen LogP contribution in [0, 0.1) is 0 Å². The SMILES string of the molecule is O=C(OC1CC/C=C\CCC1)c1ccccc1O. The molecule has 0 bridgehead atoms. The first kappa shape index (κ1) is 12.7. The topological polar surface area (TPSA) is 46.5 Å². The molecule has 1 N–H and O–H groups in total. The Bertz CT molecular complexity index is 437. The van der Waals surface area contributed by atoms with Crippen LogP contribution in [0.4, 0.5) is 0 Å². The maximum absolute atomic E-state index is 11.9. The standard InChI is InChI=1S/C15H18O3/c16-14-11-7-6-10-13(14)15(17)18-12-8-4-2-1-3-5-9-12/h1-2,6-7,10-12,16H,3-5,8-9H2/b2-1-. The third-order valence-electron chi connectivity index (χ3n) is 3.12. The van der Waals surface area contributed by atoms with E-state index in [1.165, 1.54) is 6.07 Å². The molecule has 1 aliphatic carbocycles. The first-order valence-corrected chi connectivity index (χ1v) is 6.41. The van der Waals surface area contributed by atoms with Crippen molar-refractivity contribution in [1.82, 2.24) is 0 Å². The number of aromatic hydroxyl groups is 1. The lowest BCUT2D eigenvalue weighted by atomic mass is 10.0. The van der Waals surface area contributed by atoms with Crippen LogP contribution in [0.3, 0.4) is 0 Å². The summed E-state index contributed by atoms with van der Waals surface area (Å²) in [6.07, 6.45) is 9.06. The lowest BCUT2D eigenvalue weighted by molar-refractivity contribution is 0.0254. The molecule has 96 valence electrons. The van der Waals surface area contributed by atoms with Gasteiger partial charge in [-0.3, -0.25) is 0 Å². The summed E-state index contributed by atoms with van der Waals surface area (Å²) < 4.78 is 5.46. The van der Waals surface area contributed by atoms with E-state index in [1.807, 2.05) is 0 Å². The quantitative estimate of drug-likeness (QED) is 0.642. The zero-order valence-electron chi connectivity index (χ0n) is 10.3. The Kier molecular flexibility index (Phi) is 4.40. The van der Waals surface area contributed by atoms with E-state index < -0.39 is 5.97 Å². The summed E-state index contributed by atoms with van der Waals surface area (Å²) in [5, 5.41) is 9.60. The van der Waals surface area contributed by atoms with Crippen molar-refractivity contribution in [3.63, 3.8) is 0 Å². The van der Waals surface area contributed by atoms with Gasteiger partial charge in [0.25, 0.3) is 0 Å². The molecule has 0 amide bonds. The molecule has 0 heterocycles. The first-order valence-electron chi connectivity index (χ1n) is 6.41. The number of phenols is 1. The summed E-state index contributed by atoms with van der Waals surface area (Å²) in [6, 6.07) is 6.49. The fraction of sp³-hybridized carbons (Fsp3) is 0.400. The molecule has 0 spiro atoms. The minimum Gasteiger partial charge on any atom is -0.507 e. The summed E-state index contributed by atoms with van der Waals surface area (Å²) >= 11 is 0. The van der Waals surface area contributed by atoms with Gasteiger partial charge in [-0.1, -0.05) is 24.3 Å². The zero-order valence-corrected chi connectivity index (χ0v) is 10.3. The van der Waals surface area contributed by atoms with E-state index in [1.54, 1.807) is 18.2 Å². The number of esters is 1. The van der Waals surface area contributed by atoms with Gasteiger partial charge in [-0.05, 0) is 44.2 Å². The smallest absolute Gasteiger partial charge is 0.342 e. The first-order chi connectivity index (χ1) is 8.77. The number of carbonyl (C=O) groups excluding carboxylic acids is 1. The third kappa shape index (κ3) is 3.36. The highest BCUT2D eigenvalue weighted by atomic mass is 16.5. The molecule has 0 aromatic heterocycles. The average Bonchev–Trinajstić information content (AvgIpc) is 2.33. The lowest BCUT2D eigenvalue weighted by Crippen LogP contribution is -2.19. The molecular formula is C15H18O3. The van der Waals surface area contributed by atoms with E-state index in [2.05, 4.69) is 12.2 Å².